The number of halogens is 2. The van der Waals surface area contributed by atoms with Gasteiger partial charge in [-0.1, -0.05) is 39.7 Å². The Balaban J connectivity index is 3.02. The molecule has 8 heteroatoms. The van der Waals surface area contributed by atoms with Crippen LogP contribution in [-0.2, 0) is 10.0 Å². The molecule has 0 aliphatic carbocycles. The zero-order valence-corrected chi connectivity index (χ0v) is 12.8. The van der Waals surface area contributed by atoms with E-state index in [2.05, 4.69) is 32.9 Å². The highest BCUT2D eigenvalue weighted by atomic mass is 79.9. The minimum Gasteiger partial charge on any atom is -0.392 e. The highest BCUT2D eigenvalue weighted by Crippen LogP contribution is 2.27. The van der Waals surface area contributed by atoms with E-state index in [4.69, 9.17) is 17.3 Å². The van der Waals surface area contributed by atoms with Crippen LogP contribution in [0.3, 0.4) is 0 Å². The number of nitrogens with one attached hydrogen (secondary N) is 1. The molecular formula is C9H10BrClN2O2S2. The van der Waals surface area contributed by atoms with Crippen molar-refractivity contribution in [2.45, 2.75) is 12.2 Å². The number of anilines is 1. The Labute approximate surface area is 119 Å². The van der Waals surface area contributed by atoms with Crippen LogP contribution in [0.25, 0.3) is 0 Å². The second-order valence-electron chi connectivity index (χ2n) is 3.32. The molecule has 1 rings (SSSR count). The van der Waals surface area contributed by atoms with Crippen molar-refractivity contribution in [2.75, 3.05) is 4.72 Å². The largest absolute Gasteiger partial charge is 0.392 e. The molecule has 0 aromatic heterocycles. The summed E-state index contributed by atoms with van der Waals surface area (Å²) in [5.41, 5.74) is 5.60. The van der Waals surface area contributed by atoms with Crippen molar-refractivity contribution < 1.29 is 8.42 Å². The summed E-state index contributed by atoms with van der Waals surface area (Å²) < 4.78 is 26.8. The molecule has 0 heterocycles. The van der Waals surface area contributed by atoms with E-state index >= 15 is 0 Å². The first-order valence-corrected chi connectivity index (χ1v) is 7.62. The van der Waals surface area contributed by atoms with Crippen molar-refractivity contribution in [2.24, 2.45) is 5.73 Å². The fraction of sp³-hybridized carbons (Fsp3) is 0.222. The summed E-state index contributed by atoms with van der Waals surface area (Å²) in [6.45, 7) is 1.41. The SMILES string of the molecule is CC(C(N)=S)S(=O)(=O)Nc1ccc(Br)cc1Cl. The van der Waals surface area contributed by atoms with Gasteiger partial charge in [0, 0.05) is 4.47 Å². The third-order valence-electron chi connectivity index (χ3n) is 2.05. The van der Waals surface area contributed by atoms with E-state index in [1.54, 1.807) is 18.2 Å². The van der Waals surface area contributed by atoms with Gasteiger partial charge in [0.25, 0.3) is 0 Å². The quantitative estimate of drug-likeness (QED) is 0.812. The van der Waals surface area contributed by atoms with Gasteiger partial charge in [0.05, 0.1) is 15.7 Å². The average Bonchev–Trinajstić information content (AvgIpc) is 2.21. The summed E-state index contributed by atoms with van der Waals surface area (Å²) in [5, 5.41) is -0.671. The highest BCUT2D eigenvalue weighted by molar-refractivity contribution is 9.10. The maximum Gasteiger partial charge on any atom is 0.241 e. The van der Waals surface area contributed by atoms with Gasteiger partial charge in [0.2, 0.25) is 10.0 Å². The third kappa shape index (κ3) is 3.80. The molecule has 0 saturated carbocycles. The molecule has 0 saturated heterocycles. The molecule has 0 bridgehead atoms. The number of rotatable bonds is 4. The van der Waals surface area contributed by atoms with Gasteiger partial charge >= 0.3 is 0 Å². The van der Waals surface area contributed by atoms with Crippen LogP contribution in [0.15, 0.2) is 22.7 Å². The van der Waals surface area contributed by atoms with Crippen LogP contribution in [0, 0.1) is 0 Å². The Bertz CT molecular complexity index is 548. The molecule has 17 heavy (non-hydrogen) atoms. The monoisotopic (exact) mass is 356 g/mol. The van der Waals surface area contributed by atoms with Gasteiger partial charge in [-0.25, -0.2) is 8.42 Å². The fourth-order valence-corrected chi connectivity index (χ4v) is 3.09. The van der Waals surface area contributed by atoms with Crippen LogP contribution in [0.5, 0.6) is 0 Å². The first kappa shape index (κ1) is 14.7. The molecule has 0 amide bonds. The molecule has 0 aliphatic rings. The Kier molecular flexibility index (Phi) is 4.77. The molecule has 1 aromatic rings. The minimum absolute atomic E-state index is 0.0919. The molecule has 1 unspecified atom stereocenters. The number of hydrogen-bond donors (Lipinski definition) is 2. The molecule has 0 spiro atoms. The van der Waals surface area contributed by atoms with Crippen LogP contribution in [-0.4, -0.2) is 18.7 Å². The topological polar surface area (TPSA) is 72.2 Å². The summed E-state index contributed by atoms with van der Waals surface area (Å²) in [4.78, 5) is -0.0919. The predicted molar refractivity (Wildman–Crippen MR) is 77.9 cm³/mol. The minimum atomic E-state index is -3.66. The van der Waals surface area contributed by atoms with Gasteiger partial charge < -0.3 is 5.73 Å². The zero-order chi connectivity index (χ0) is 13.2. The lowest BCUT2D eigenvalue weighted by Crippen LogP contribution is -2.35. The lowest BCUT2D eigenvalue weighted by molar-refractivity contribution is 0.598. The summed E-state index contributed by atoms with van der Waals surface area (Å²) in [5.74, 6) is 0. The Morgan fingerprint density at radius 1 is 1.59 bits per heavy atom. The number of nitrogens with two attached hydrogens (primary N) is 1. The second-order valence-corrected chi connectivity index (χ2v) is 7.11. The molecule has 0 aliphatic heterocycles. The maximum atomic E-state index is 11.8. The summed E-state index contributed by atoms with van der Waals surface area (Å²) in [7, 11) is -3.66. The zero-order valence-electron chi connectivity index (χ0n) is 8.78. The van der Waals surface area contributed by atoms with E-state index in [1.165, 1.54) is 6.92 Å². The number of thiocarbonyl (C=S) groups is 1. The first-order valence-electron chi connectivity index (χ1n) is 4.50. The molecule has 0 fully saturated rings. The van der Waals surface area contributed by atoms with Gasteiger partial charge in [-0.15, -0.1) is 0 Å². The van der Waals surface area contributed by atoms with Crippen LogP contribution in [0.2, 0.25) is 5.02 Å². The van der Waals surface area contributed by atoms with Crippen molar-refractivity contribution in [1.29, 1.82) is 0 Å². The van der Waals surface area contributed by atoms with E-state index in [0.717, 1.165) is 4.47 Å². The second kappa shape index (κ2) is 5.51. The molecule has 1 aromatic carbocycles. The molecule has 0 radical (unpaired) electrons. The van der Waals surface area contributed by atoms with Crippen LogP contribution in [0.1, 0.15) is 6.92 Å². The molecule has 3 N–H and O–H groups in total. The predicted octanol–water partition coefficient (Wildman–Crippen LogP) is 2.52. The van der Waals surface area contributed by atoms with E-state index in [9.17, 15) is 8.42 Å². The van der Waals surface area contributed by atoms with Gasteiger partial charge in [-0.2, -0.15) is 0 Å². The summed E-state index contributed by atoms with van der Waals surface area (Å²) in [6.07, 6.45) is 0. The van der Waals surface area contributed by atoms with E-state index < -0.39 is 15.3 Å². The number of benzene rings is 1. The Hall–Kier alpha value is -0.370. The third-order valence-corrected chi connectivity index (χ3v) is 5.05. The standard InChI is InChI=1S/C9H10BrClN2O2S2/c1-5(9(12)16)17(14,15)13-8-3-2-6(10)4-7(8)11/h2-5,13H,1H3,(H2,12,16). The van der Waals surface area contributed by atoms with E-state index in [1.807, 2.05) is 0 Å². The van der Waals surface area contributed by atoms with Crippen LogP contribution in [0.4, 0.5) is 5.69 Å². The lowest BCUT2D eigenvalue weighted by Gasteiger charge is -2.14. The van der Waals surface area contributed by atoms with Crippen LogP contribution >= 0.6 is 39.7 Å². The summed E-state index contributed by atoms with van der Waals surface area (Å²) >= 11 is 13.8. The number of sulfonamides is 1. The fourth-order valence-electron chi connectivity index (χ4n) is 0.967. The molecular weight excluding hydrogens is 348 g/mol. The van der Waals surface area contributed by atoms with Gasteiger partial charge in [-0.3, -0.25) is 4.72 Å². The summed E-state index contributed by atoms with van der Waals surface area (Å²) in [6, 6.07) is 4.82. The van der Waals surface area contributed by atoms with E-state index in [0.29, 0.717) is 0 Å². The van der Waals surface area contributed by atoms with Gasteiger partial charge in [0.1, 0.15) is 5.25 Å². The van der Waals surface area contributed by atoms with Crippen molar-refractivity contribution in [3.05, 3.63) is 27.7 Å². The van der Waals surface area contributed by atoms with Gasteiger partial charge in [-0.05, 0) is 25.1 Å². The normalized spacial score (nSPS) is 13.1. The number of hydrogen-bond acceptors (Lipinski definition) is 3. The molecule has 94 valence electrons. The van der Waals surface area contributed by atoms with E-state index in [-0.39, 0.29) is 15.7 Å². The maximum absolute atomic E-state index is 11.8. The first-order chi connectivity index (χ1) is 7.74. The molecule has 4 nitrogen and oxygen atoms in total. The molecule has 1 atom stereocenters. The Morgan fingerprint density at radius 2 is 2.18 bits per heavy atom. The average molecular weight is 358 g/mol. The Morgan fingerprint density at radius 3 is 2.65 bits per heavy atom. The van der Waals surface area contributed by atoms with Crippen LogP contribution < -0.4 is 10.5 Å². The van der Waals surface area contributed by atoms with Crippen molar-refractivity contribution in [3.8, 4) is 0 Å². The highest BCUT2D eigenvalue weighted by Gasteiger charge is 2.23. The van der Waals surface area contributed by atoms with Crippen molar-refractivity contribution >= 4 is 60.4 Å². The van der Waals surface area contributed by atoms with Crippen molar-refractivity contribution in [3.63, 3.8) is 0 Å². The van der Waals surface area contributed by atoms with Crippen molar-refractivity contribution in [1.82, 2.24) is 0 Å². The smallest absolute Gasteiger partial charge is 0.241 e. The van der Waals surface area contributed by atoms with Gasteiger partial charge in [0.15, 0.2) is 0 Å². The lowest BCUT2D eigenvalue weighted by atomic mass is 10.3.